The van der Waals surface area contributed by atoms with Crippen LogP contribution in [-0.2, 0) is 47.9 Å². The van der Waals surface area contributed by atoms with E-state index in [0.29, 0.717) is 96.7 Å². The lowest BCUT2D eigenvalue weighted by molar-refractivity contribution is -0.148. The number of rotatable bonds is 13. The topological polar surface area (TPSA) is 272 Å². The highest BCUT2D eigenvalue weighted by atomic mass is 16.4. The van der Waals surface area contributed by atoms with Crippen molar-refractivity contribution in [1.29, 1.82) is 0 Å². The molecule has 324 valence electrons. The molecule has 6 rings (SSSR count). The van der Waals surface area contributed by atoms with Crippen molar-refractivity contribution in [2.75, 3.05) is 65.4 Å². The Bertz CT molecular complexity index is 1710. The van der Waals surface area contributed by atoms with Crippen LogP contribution in [0.5, 0.6) is 0 Å². The minimum atomic E-state index is -1.21. The lowest BCUT2D eigenvalue weighted by Crippen LogP contribution is -2.56. The molecule has 6 atom stereocenters. The van der Waals surface area contributed by atoms with E-state index in [9.17, 15) is 47.9 Å². The number of amides is 9. The number of carboxylic acid groups (broad SMARTS) is 1. The minimum absolute atomic E-state index is 0.210. The van der Waals surface area contributed by atoms with Crippen LogP contribution in [0.2, 0.25) is 0 Å². The average Bonchev–Trinajstić information content (AvgIpc) is 4.09. The normalized spacial score (nSPS) is 26.7. The fourth-order valence-electron chi connectivity index (χ4n) is 9.61. The number of nitrogens with one attached hydrogen (secondary N) is 3. The van der Waals surface area contributed by atoms with Crippen molar-refractivity contribution in [3.05, 3.63) is 0 Å². The van der Waals surface area contributed by atoms with Gasteiger partial charge < -0.3 is 56.2 Å². The molecule has 0 saturated carbocycles. The lowest BCUT2D eigenvalue weighted by Gasteiger charge is -2.32. The summed E-state index contributed by atoms with van der Waals surface area (Å²) in [5.74, 6) is -5.18. The van der Waals surface area contributed by atoms with Crippen LogP contribution in [0.25, 0.3) is 0 Å². The molecule has 6 aliphatic heterocycles. The Kier molecular flexibility index (Phi) is 14.0. The van der Waals surface area contributed by atoms with Crippen LogP contribution in [0.15, 0.2) is 0 Å². The summed E-state index contributed by atoms with van der Waals surface area (Å²) in [6.45, 7) is 0.345. The first-order chi connectivity index (χ1) is 28.3. The maximum atomic E-state index is 13.9. The third-order valence-electron chi connectivity index (χ3n) is 12.5. The summed E-state index contributed by atoms with van der Waals surface area (Å²) < 4.78 is 0. The Balaban J connectivity index is 0.986. The zero-order valence-corrected chi connectivity index (χ0v) is 33.3. The van der Waals surface area contributed by atoms with Gasteiger partial charge in [0.1, 0.15) is 42.8 Å². The summed E-state index contributed by atoms with van der Waals surface area (Å²) in [7, 11) is 0. The molecular formula is C38H56N10O11. The van der Waals surface area contributed by atoms with Crippen molar-refractivity contribution in [2.24, 2.45) is 5.73 Å². The molecule has 0 aromatic rings. The Morgan fingerprint density at radius 2 is 0.678 bits per heavy atom. The van der Waals surface area contributed by atoms with Gasteiger partial charge in [-0.25, -0.2) is 0 Å². The summed E-state index contributed by atoms with van der Waals surface area (Å²) >= 11 is 0. The molecular weight excluding hydrogens is 772 g/mol. The van der Waals surface area contributed by atoms with Crippen LogP contribution in [0.4, 0.5) is 0 Å². The lowest BCUT2D eigenvalue weighted by atomic mass is 10.1. The van der Waals surface area contributed by atoms with Crippen LogP contribution in [0, 0.1) is 0 Å². The number of hydrogen-bond acceptors (Lipinski definition) is 11. The molecule has 59 heavy (non-hydrogen) atoms. The highest BCUT2D eigenvalue weighted by molar-refractivity contribution is 5.98. The number of nitrogens with zero attached hydrogens (tertiary/aromatic N) is 6. The largest absolute Gasteiger partial charge is 0.480 e. The fourth-order valence-corrected chi connectivity index (χ4v) is 9.61. The molecule has 6 N–H and O–H groups in total. The summed E-state index contributed by atoms with van der Waals surface area (Å²) in [4.78, 5) is 139. The highest BCUT2D eigenvalue weighted by Crippen LogP contribution is 2.28. The Labute approximate surface area is 341 Å². The Morgan fingerprint density at radius 3 is 0.983 bits per heavy atom. The van der Waals surface area contributed by atoms with E-state index in [2.05, 4.69) is 16.0 Å². The van der Waals surface area contributed by atoms with Crippen molar-refractivity contribution in [3.63, 3.8) is 0 Å². The molecule has 0 radical (unpaired) electrons. The number of carbonyl (C=O) groups excluding carboxylic acids is 9. The molecule has 0 aromatic heterocycles. The van der Waals surface area contributed by atoms with Crippen molar-refractivity contribution in [3.8, 4) is 0 Å². The predicted molar refractivity (Wildman–Crippen MR) is 204 cm³/mol. The maximum absolute atomic E-state index is 13.9. The van der Waals surface area contributed by atoms with Gasteiger partial charge in [-0.1, -0.05) is 0 Å². The van der Waals surface area contributed by atoms with Gasteiger partial charge in [-0.3, -0.25) is 47.9 Å². The second kappa shape index (κ2) is 19.2. The van der Waals surface area contributed by atoms with E-state index in [-0.39, 0.29) is 44.5 Å². The third-order valence-corrected chi connectivity index (χ3v) is 12.5. The molecule has 6 heterocycles. The van der Waals surface area contributed by atoms with Crippen LogP contribution in [0.1, 0.15) is 77.0 Å². The second-order valence-electron chi connectivity index (χ2n) is 16.1. The molecule has 6 aliphatic rings. The Hall–Kier alpha value is -5.34. The van der Waals surface area contributed by atoms with Gasteiger partial charge in [0.15, 0.2) is 0 Å². The van der Waals surface area contributed by atoms with Gasteiger partial charge in [-0.05, 0) is 77.0 Å². The van der Waals surface area contributed by atoms with Gasteiger partial charge in [-0.15, -0.1) is 0 Å². The molecule has 0 spiro atoms. The number of carbonyl (C=O) groups is 10. The van der Waals surface area contributed by atoms with Crippen molar-refractivity contribution in [1.82, 2.24) is 45.3 Å². The zero-order valence-electron chi connectivity index (χ0n) is 33.3. The molecule has 0 aliphatic carbocycles. The van der Waals surface area contributed by atoms with E-state index in [1.54, 1.807) is 0 Å². The number of aliphatic carboxylic acids is 1. The van der Waals surface area contributed by atoms with Crippen LogP contribution >= 0.6 is 0 Å². The summed E-state index contributed by atoms with van der Waals surface area (Å²) in [5, 5.41) is 16.5. The first-order valence-electron chi connectivity index (χ1n) is 20.9. The van der Waals surface area contributed by atoms with Gasteiger partial charge in [0.2, 0.25) is 53.2 Å². The van der Waals surface area contributed by atoms with E-state index < -0.39 is 96.7 Å². The quantitative estimate of drug-likeness (QED) is 0.120. The number of likely N-dealkylation sites (tertiary alicyclic amines) is 6. The first-order valence-corrected chi connectivity index (χ1v) is 20.9. The van der Waals surface area contributed by atoms with E-state index >= 15 is 0 Å². The monoisotopic (exact) mass is 828 g/mol. The first kappa shape index (κ1) is 43.2. The second-order valence-corrected chi connectivity index (χ2v) is 16.1. The summed E-state index contributed by atoms with van der Waals surface area (Å²) in [6, 6.07) is -4.85. The molecule has 21 heteroatoms. The number of hydrogen-bond donors (Lipinski definition) is 5. The molecule has 0 unspecified atom stereocenters. The molecule has 9 amide bonds. The predicted octanol–water partition coefficient (Wildman–Crippen LogP) is -3.68. The van der Waals surface area contributed by atoms with Crippen LogP contribution in [0.3, 0.4) is 0 Å². The summed E-state index contributed by atoms with van der Waals surface area (Å²) in [5.41, 5.74) is 5.54. The van der Waals surface area contributed by atoms with Crippen LogP contribution < -0.4 is 21.7 Å². The summed E-state index contributed by atoms with van der Waals surface area (Å²) in [6.07, 6.45) is 5.79. The van der Waals surface area contributed by atoms with E-state index in [0.717, 1.165) is 0 Å². The SMILES string of the molecule is NCC(=O)N1CCC[C@H]1C(=O)N1CCC[C@H]1C(=O)NCC(=O)N1CCC[C@H]1C(=O)N1CCC[C@H]1C(=O)NCC(=O)N1CCC[C@H]1C(=O)N1CCC[C@H]1C(=O)NCC(=O)O. The molecule has 0 bridgehead atoms. The van der Waals surface area contributed by atoms with E-state index in [4.69, 9.17) is 10.8 Å². The number of carboxylic acids is 1. The highest BCUT2D eigenvalue weighted by Gasteiger charge is 2.45. The van der Waals surface area contributed by atoms with Gasteiger partial charge >= 0.3 is 5.97 Å². The standard InChI is InChI=1S/C38H56N10O11/c39-19-29(49)43-13-4-10-26(43)36(57)46-16-1-7-23(46)33(54)40-20-30(50)44-14-5-11-27(44)37(58)47-17-2-8-24(47)34(55)41-21-31(51)45-15-6-12-28(45)38(59)48-18-3-9-25(48)35(56)42-22-32(52)53/h23-28H,1-22,39H2,(H,40,54)(H,41,55)(H,42,56)(H,52,53)/t23-,24-,25-,26-,27-,28-/m0/s1. The minimum Gasteiger partial charge on any atom is -0.480 e. The van der Waals surface area contributed by atoms with Crippen molar-refractivity contribution < 1.29 is 53.1 Å². The fraction of sp³-hybridized carbons (Fsp3) is 0.737. The Morgan fingerprint density at radius 1 is 0.407 bits per heavy atom. The van der Waals surface area contributed by atoms with E-state index in [1.807, 2.05) is 0 Å². The molecule has 6 fully saturated rings. The maximum Gasteiger partial charge on any atom is 0.322 e. The smallest absolute Gasteiger partial charge is 0.322 e. The molecule has 6 saturated heterocycles. The number of nitrogens with two attached hydrogens (primary N) is 1. The van der Waals surface area contributed by atoms with Crippen LogP contribution in [-0.4, -0.2) is 195 Å². The zero-order chi connectivity index (χ0) is 42.4. The molecule has 21 nitrogen and oxygen atoms in total. The third kappa shape index (κ3) is 9.44. The molecule has 0 aromatic carbocycles. The van der Waals surface area contributed by atoms with Gasteiger partial charge in [0.25, 0.3) is 0 Å². The van der Waals surface area contributed by atoms with Gasteiger partial charge in [-0.2, -0.15) is 0 Å². The van der Waals surface area contributed by atoms with Gasteiger partial charge in [0.05, 0.1) is 19.6 Å². The average molecular weight is 829 g/mol. The van der Waals surface area contributed by atoms with E-state index in [1.165, 1.54) is 29.4 Å². The van der Waals surface area contributed by atoms with Crippen molar-refractivity contribution in [2.45, 2.75) is 113 Å². The van der Waals surface area contributed by atoms with Crippen molar-refractivity contribution >= 4 is 59.1 Å². The van der Waals surface area contributed by atoms with Gasteiger partial charge in [0, 0.05) is 39.3 Å².